The van der Waals surface area contributed by atoms with Gasteiger partial charge in [-0.05, 0) is 47.7 Å². The van der Waals surface area contributed by atoms with Gasteiger partial charge in [-0.1, -0.05) is 48.5 Å². The minimum Gasteiger partial charge on any atom is -0.496 e. The molecule has 0 fully saturated rings. The van der Waals surface area contributed by atoms with Crippen LogP contribution in [-0.2, 0) is 14.9 Å². The second-order valence-electron chi connectivity index (χ2n) is 8.11. The molecule has 0 aromatic heterocycles. The minimum atomic E-state index is -0.526. The Morgan fingerprint density at radius 3 is 2.52 bits per heavy atom. The number of benzene rings is 3. The van der Waals surface area contributed by atoms with Crippen molar-refractivity contribution in [3.8, 4) is 11.5 Å². The average Bonchev–Trinajstić information content (AvgIpc) is 2.94. The average molecular weight is 415 g/mol. The Morgan fingerprint density at radius 1 is 0.968 bits per heavy atom. The zero-order valence-electron chi connectivity index (χ0n) is 18.1. The third kappa shape index (κ3) is 2.71. The van der Waals surface area contributed by atoms with Gasteiger partial charge >= 0.3 is 5.97 Å². The molecule has 4 bridgehead atoms. The maximum Gasteiger partial charge on any atom is 0.305 e. The van der Waals surface area contributed by atoms with E-state index in [0.717, 1.165) is 22.6 Å². The smallest absolute Gasteiger partial charge is 0.305 e. The molecular weight excluding hydrogens is 388 g/mol. The van der Waals surface area contributed by atoms with Crippen LogP contribution in [-0.4, -0.2) is 26.8 Å². The van der Waals surface area contributed by atoms with E-state index in [2.05, 4.69) is 48.5 Å². The van der Waals surface area contributed by atoms with Crippen molar-refractivity contribution in [3.05, 3.63) is 94.0 Å². The van der Waals surface area contributed by atoms with Gasteiger partial charge in [0.25, 0.3) is 0 Å². The van der Waals surface area contributed by atoms with E-state index in [9.17, 15) is 4.79 Å². The fraction of sp³-hybridized carbons (Fsp3) is 0.296. The van der Waals surface area contributed by atoms with Gasteiger partial charge in [-0.15, -0.1) is 0 Å². The molecule has 2 unspecified atom stereocenters. The van der Waals surface area contributed by atoms with Crippen molar-refractivity contribution < 1.29 is 19.0 Å². The van der Waals surface area contributed by atoms with E-state index in [0.29, 0.717) is 19.4 Å². The molecule has 4 nitrogen and oxygen atoms in total. The fourth-order valence-electron chi connectivity index (χ4n) is 5.64. The van der Waals surface area contributed by atoms with Crippen LogP contribution in [0.5, 0.6) is 11.5 Å². The number of methoxy groups -OCH3 is 2. The summed E-state index contributed by atoms with van der Waals surface area (Å²) in [5, 5.41) is 0. The highest BCUT2D eigenvalue weighted by atomic mass is 16.5. The zero-order chi connectivity index (χ0) is 21.6. The molecular formula is C27H26O4. The summed E-state index contributed by atoms with van der Waals surface area (Å²) in [5.74, 6) is 1.54. The Labute approximate surface area is 182 Å². The van der Waals surface area contributed by atoms with Crippen LogP contribution in [0.25, 0.3) is 0 Å². The van der Waals surface area contributed by atoms with Crippen LogP contribution >= 0.6 is 0 Å². The Hall–Kier alpha value is -3.27. The van der Waals surface area contributed by atoms with Gasteiger partial charge < -0.3 is 14.2 Å². The summed E-state index contributed by atoms with van der Waals surface area (Å²) in [6, 6.07) is 21.3. The predicted octanol–water partition coefficient (Wildman–Crippen LogP) is 5.19. The quantitative estimate of drug-likeness (QED) is 0.521. The lowest BCUT2D eigenvalue weighted by Crippen LogP contribution is -2.36. The Morgan fingerprint density at radius 2 is 1.74 bits per heavy atom. The van der Waals surface area contributed by atoms with E-state index in [1.165, 1.54) is 22.3 Å². The molecule has 4 heteroatoms. The summed E-state index contributed by atoms with van der Waals surface area (Å²) in [4.78, 5) is 12.5. The predicted molar refractivity (Wildman–Crippen MR) is 119 cm³/mol. The Bertz CT molecular complexity index is 1170. The largest absolute Gasteiger partial charge is 0.496 e. The lowest BCUT2D eigenvalue weighted by atomic mass is 9.60. The van der Waals surface area contributed by atoms with Crippen LogP contribution in [0.4, 0.5) is 0 Å². The first-order valence-corrected chi connectivity index (χ1v) is 10.8. The first-order valence-electron chi connectivity index (χ1n) is 10.8. The van der Waals surface area contributed by atoms with Crippen LogP contribution in [0.2, 0.25) is 0 Å². The highest BCUT2D eigenvalue weighted by molar-refractivity contribution is 5.75. The second kappa shape index (κ2) is 7.45. The topological polar surface area (TPSA) is 44.8 Å². The maximum atomic E-state index is 12.5. The fourth-order valence-corrected chi connectivity index (χ4v) is 5.64. The van der Waals surface area contributed by atoms with Gasteiger partial charge in [-0.25, -0.2) is 0 Å². The number of carbonyl (C=O) groups excluding carboxylic acids is 1. The van der Waals surface area contributed by atoms with Crippen molar-refractivity contribution in [3.63, 3.8) is 0 Å². The monoisotopic (exact) mass is 414 g/mol. The first kappa shape index (κ1) is 19.7. The second-order valence-corrected chi connectivity index (χ2v) is 8.11. The van der Waals surface area contributed by atoms with Crippen molar-refractivity contribution in [2.75, 3.05) is 20.8 Å². The molecule has 0 N–H and O–H groups in total. The molecule has 0 radical (unpaired) electrons. The van der Waals surface area contributed by atoms with Crippen molar-refractivity contribution >= 4 is 5.97 Å². The molecule has 3 aromatic carbocycles. The molecule has 31 heavy (non-hydrogen) atoms. The van der Waals surface area contributed by atoms with E-state index in [-0.39, 0.29) is 11.9 Å². The molecule has 0 spiro atoms. The first-order chi connectivity index (χ1) is 15.2. The summed E-state index contributed by atoms with van der Waals surface area (Å²) < 4.78 is 17.1. The third-order valence-electron chi connectivity index (χ3n) is 6.78. The van der Waals surface area contributed by atoms with E-state index in [4.69, 9.17) is 14.2 Å². The maximum absolute atomic E-state index is 12.5. The lowest BCUT2D eigenvalue weighted by Gasteiger charge is -2.43. The number of hydrogen-bond acceptors (Lipinski definition) is 4. The molecule has 0 amide bonds. The molecule has 0 saturated heterocycles. The molecule has 6 rings (SSSR count). The molecule has 3 aliphatic rings. The normalized spacial score (nSPS) is 19.8. The summed E-state index contributed by atoms with van der Waals surface area (Å²) >= 11 is 0. The Balaban J connectivity index is 1.88. The molecule has 3 aliphatic carbocycles. The van der Waals surface area contributed by atoms with E-state index in [1.54, 1.807) is 14.2 Å². The van der Waals surface area contributed by atoms with Gasteiger partial charge in [0.1, 0.15) is 11.5 Å². The molecule has 0 aliphatic heterocycles. The molecule has 2 atom stereocenters. The Kier molecular flexibility index (Phi) is 4.73. The van der Waals surface area contributed by atoms with Crippen LogP contribution in [0.1, 0.15) is 59.1 Å². The van der Waals surface area contributed by atoms with Gasteiger partial charge in [-0.2, -0.15) is 0 Å². The molecule has 3 aromatic rings. The lowest BCUT2D eigenvalue weighted by molar-refractivity contribution is -0.143. The zero-order valence-corrected chi connectivity index (χ0v) is 18.1. The van der Waals surface area contributed by atoms with Crippen molar-refractivity contribution in [1.29, 1.82) is 0 Å². The highest BCUT2D eigenvalue weighted by Crippen LogP contribution is 2.61. The van der Waals surface area contributed by atoms with E-state index in [1.807, 2.05) is 19.1 Å². The van der Waals surface area contributed by atoms with E-state index >= 15 is 0 Å². The summed E-state index contributed by atoms with van der Waals surface area (Å²) in [6.45, 7) is 2.22. The summed E-state index contributed by atoms with van der Waals surface area (Å²) in [6.07, 6.45) is 0.909. The number of ether oxygens (including phenoxy) is 3. The van der Waals surface area contributed by atoms with Crippen LogP contribution < -0.4 is 9.47 Å². The molecule has 158 valence electrons. The van der Waals surface area contributed by atoms with Crippen molar-refractivity contribution in [2.45, 2.75) is 31.1 Å². The van der Waals surface area contributed by atoms with Gasteiger partial charge in [0.15, 0.2) is 0 Å². The minimum absolute atomic E-state index is 0.0504. The number of rotatable bonds is 6. The number of esters is 1. The van der Waals surface area contributed by atoms with Crippen LogP contribution in [0.15, 0.2) is 60.7 Å². The van der Waals surface area contributed by atoms with Crippen LogP contribution in [0, 0.1) is 0 Å². The molecule has 0 heterocycles. The SMILES string of the molecule is CCOC(=O)CCC12c3cccc(c3)C(c3ccccc31)c1c(OC)ccc(OC)c12. The van der Waals surface area contributed by atoms with E-state index < -0.39 is 5.41 Å². The van der Waals surface area contributed by atoms with Crippen molar-refractivity contribution in [1.82, 2.24) is 0 Å². The highest BCUT2D eigenvalue weighted by Gasteiger charge is 2.50. The third-order valence-corrected chi connectivity index (χ3v) is 6.78. The van der Waals surface area contributed by atoms with Crippen LogP contribution in [0.3, 0.4) is 0 Å². The summed E-state index contributed by atoms with van der Waals surface area (Å²) in [5.41, 5.74) is 6.59. The number of hydrogen-bond donors (Lipinski definition) is 0. The standard InChI is InChI=1S/C27H26O4/c1-4-31-23(28)14-15-27-18-9-7-8-17(16-18)24(19-10-5-6-11-20(19)27)25-21(29-2)12-13-22(30-3)26(25)27/h5-13,16,24H,4,14-15H2,1-3H3. The van der Waals surface area contributed by atoms with Gasteiger partial charge in [0, 0.05) is 23.5 Å². The van der Waals surface area contributed by atoms with Gasteiger partial charge in [0.2, 0.25) is 0 Å². The number of carbonyl (C=O) groups is 1. The van der Waals surface area contributed by atoms with Crippen molar-refractivity contribution in [2.24, 2.45) is 0 Å². The van der Waals surface area contributed by atoms with Gasteiger partial charge in [-0.3, -0.25) is 4.79 Å². The van der Waals surface area contributed by atoms with Gasteiger partial charge in [0.05, 0.1) is 26.2 Å². The summed E-state index contributed by atoms with van der Waals surface area (Å²) in [7, 11) is 3.43. The molecule has 0 saturated carbocycles.